The number of hydrogen-bond acceptors (Lipinski definition) is 3. The second-order valence-corrected chi connectivity index (χ2v) is 5.82. The first kappa shape index (κ1) is 15.9. The van der Waals surface area contributed by atoms with Gasteiger partial charge in [0.2, 0.25) is 5.91 Å². The van der Waals surface area contributed by atoms with Crippen molar-refractivity contribution >= 4 is 5.91 Å². The lowest BCUT2D eigenvalue weighted by Crippen LogP contribution is -2.24. The first-order chi connectivity index (χ1) is 11.7. The highest BCUT2D eigenvalue weighted by Gasteiger charge is 2.28. The fourth-order valence-corrected chi connectivity index (χ4v) is 2.79. The highest BCUT2D eigenvalue weighted by atomic mass is 16.5. The predicted molar refractivity (Wildman–Crippen MR) is 90.5 cm³/mol. The molecule has 1 amide bonds. The lowest BCUT2D eigenvalue weighted by Gasteiger charge is -2.16. The topological polar surface area (TPSA) is 78.3 Å². The smallest absolute Gasteiger partial charge is 0.223 e. The minimum atomic E-state index is 0.109. The van der Waals surface area contributed by atoms with E-state index in [1.54, 1.807) is 0 Å². The van der Waals surface area contributed by atoms with Gasteiger partial charge in [-0.05, 0) is 41.3 Å². The molecule has 1 atom stereocenters. The highest BCUT2D eigenvalue weighted by Crippen LogP contribution is 2.24. The second kappa shape index (κ2) is 7.53. The lowest BCUT2D eigenvalue weighted by molar-refractivity contribution is -0.128. The van der Waals surface area contributed by atoms with Gasteiger partial charge in [-0.15, -0.1) is 0 Å². The van der Waals surface area contributed by atoms with Gasteiger partial charge in [-0.3, -0.25) is 4.79 Å². The Hall–Kier alpha value is -2.98. The van der Waals surface area contributed by atoms with Crippen LogP contribution in [0.5, 0.6) is 11.5 Å². The van der Waals surface area contributed by atoms with Crippen LogP contribution in [0.3, 0.4) is 0 Å². The van der Waals surface area contributed by atoms with Crippen molar-refractivity contribution in [1.82, 2.24) is 4.90 Å². The summed E-state index contributed by atoms with van der Waals surface area (Å²) < 4.78 is 5.76. The average Bonchev–Trinajstić information content (AvgIpc) is 2.95. The van der Waals surface area contributed by atoms with Crippen LogP contribution in [0, 0.1) is 5.92 Å². The zero-order chi connectivity index (χ0) is 16.8. The Balaban J connectivity index is 1.58. The molecule has 1 aliphatic rings. The van der Waals surface area contributed by atoms with Crippen LogP contribution < -0.4 is 4.74 Å². The fourth-order valence-electron chi connectivity index (χ4n) is 2.79. The molecule has 2 aromatic carbocycles. The van der Waals surface area contributed by atoms with Crippen LogP contribution in [0.4, 0.5) is 0 Å². The van der Waals surface area contributed by atoms with Crippen LogP contribution in [-0.4, -0.2) is 23.9 Å². The summed E-state index contributed by atoms with van der Waals surface area (Å²) in [6.45, 7) is 1.58. The van der Waals surface area contributed by atoms with Gasteiger partial charge < -0.3 is 9.64 Å². The van der Waals surface area contributed by atoms with E-state index in [0.29, 0.717) is 26.1 Å². The summed E-state index contributed by atoms with van der Waals surface area (Å²) in [5.74, 6) is 1.78. The molecule has 122 valence electrons. The number of amides is 1. The Morgan fingerprint density at radius 3 is 2.54 bits per heavy atom. The molecule has 6 heteroatoms. The SMILES string of the molecule is [N-]=[N+]=NCC1CC(=O)N(Cc2ccc(Oc3ccccc3)cc2)C1. The third kappa shape index (κ3) is 4.06. The van der Waals surface area contributed by atoms with Gasteiger partial charge in [-0.2, -0.15) is 0 Å². The van der Waals surface area contributed by atoms with E-state index in [1.165, 1.54) is 0 Å². The minimum Gasteiger partial charge on any atom is -0.457 e. The normalized spacial score (nSPS) is 16.8. The zero-order valence-electron chi connectivity index (χ0n) is 13.2. The lowest BCUT2D eigenvalue weighted by atomic mass is 10.1. The van der Waals surface area contributed by atoms with E-state index in [0.717, 1.165) is 17.1 Å². The van der Waals surface area contributed by atoms with E-state index < -0.39 is 0 Å². The minimum absolute atomic E-state index is 0.109. The molecule has 1 aliphatic heterocycles. The van der Waals surface area contributed by atoms with Crippen molar-refractivity contribution in [1.29, 1.82) is 0 Å². The number of ether oxygens (including phenoxy) is 1. The molecule has 1 saturated heterocycles. The molecule has 0 aromatic heterocycles. The summed E-state index contributed by atoms with van der Waals surface area (Å²) >= 11 is 0. The molecule has 6 nitrogen and oxygen atoms in total. The van der Waals surface area contributed by atoms with Gasteiger partial charge in [0, 0.05) is 31.0 Å². The first-order valence-electron chi connectivity index (χ1n) is 7.85. The number of hydrogen-bond donors (Lipinski definition) is 0. The van der Waals surface area contributed by atoms with Gasteiger partial charge in [0.1, 0.15) is 11.5 Å². The molecular weight excluding hydrogens is 304 g/mol. The fraction of sp³-hybridized carbons (Fsp3) is 0.278. The van der Waals surface area contributed by atoms with E-state index in [-0.39, 0.29) is 11.8 Å². The maximum Gasteiger partial charge on any atom is 0.223 e. The van der Waals surface area contributed by atoms with Gasteiger partial charge >= 0.3 is 0 Å². The van der Waals surface area contributed by atoms with E-state index in [2.05, 4.69) is 10.0 Å². The Morgan fingerprint density at radius 2 is 1.83 bits per heavy atom. The standard InChI is InChI=1S/C18H18N4O2/c19-21-20-11-15-10-18(23)22(13-15)12-14-6-8-17(9-7-14)24-16-4-2-1-3-5-16/h1-9,15H,10-13H2. The highest BCUT2D eigenvalue weighted by molar-refractivity contribution is 5.78. The maximum atomic E-state index is 12.0. The van der Waals surface area contributed by atoms with Crippen LogP contribution in [0.1, 0.15) is 12.0 Å². The summed E-state index contributed by atoms with van der Waals surface area (Å²) in [4.78, 5) is 16.6. The molecule has 0 bridgehead atoms. The molecule has 0 N–H and O–H groups in total. The van der Waals surface area contributed by atoms with Gasteiger partial charge in [0.25, 0.3) is 0 Å². The van der Waals surface area contributed by atoms with Gasteiger partial charge in [0.15, 0.2) is 0 Å². The van der Waals surface area contributed by atoms with E-state index >= 15 is 0 Å². The van der Waals surface area contributed by atoms with E-state index in [9.17, 15) is 4.79 Å². The van der Waals surface area contributed by atoms with Crippen molar-refractivity contribution in [3.8, 4) is 11.5 Å². The van der Waals surface area contributed by atoms with Gasteiger partial charge in [-0.1, -0.05) is 35.4 Å². The molecule has 3 rings (SSSR count). The summed E-state index contributed by atoms with van der Waals surface area (Å²) in [5, 5.41) is 3.57. The van der Waals surface area contributed by atoms with Crippen LogP contribution in [0.2, 0.25) is 0 Å². The van der Waals surface area contributed by atoms with Crippen molar-refractivity contribution in [2.45, 2.75) is 13.0 Å². The number of rotatable bonds is 6. The molecule has 0 radical (unpaired) electrons. The summed E-state index contributed by atoms with van der Waals surface area (Å²) in [6.07, 6.45) is 0.453. The Morgan fingerprint density at radius 1 is 1.12 bits per heavy atom. The first-order valence-corrected chi connectivity index (χ1v) is 7.85. The van der Waals surface area contributed by atoms with Crippen molar-refractivity contribution in [3.05, 3.63) is 70.6 Å². The average molecular weight is 322 g/mol. The summed E-state index contributed by atoms with van der Waals surface area (Å²) in [5.41, 5.74) is 9.42. The number of carbonyl (C=O) groups is 1. The Bertz CT molecular complexity index is 739. The molecule has 1 heterocycles. The predicted octanol–water partition coefficient (Wildman–Crippen LogP) is 4.14. The third-order valence-electron chi connectivity index (χ3n) is 3.97. The summed E-state index contributed by atoms with van der Waals surface area (Å²) in [6, 6.07) is 17.3. The number of benzene rings is 2. The molecular formula is C18H18N4O2. The molecule has 24 heavy (non-hydrogen) atoms. The molecule has 0 spiro atoms. The van der Waals surface area contributed by atoms with Crippen LogP contribution >= 0.6 is 0 Å². The molecule has 0 aliphatic carbocycles. The van der Waals surface area contributed by atoms with Crippen molar-refractivity contribution in [3.63, 3.8) is 0 Å². The largest absolute Gasteiger partial charge is 0.457 e. The number of para-hydroxylation sites is 1. The van der Waals surface area contributed by atoms with E-state index in [4.69, 9.17) is 10.3 Å². The van der Waals surface area contributed by atoms with Gasteiger partial charge in [-0.25, -0.2) is 0 Å². The number of carbonyl (C=O) groups excluding carboxylic acids is 1. The van der Waals surface area contributed by atoms with Crippen molar-refractivity contribution in [2.24, 2.45) is 11.0 Å². The summed E-state index contributed by atoms with van der Waals surface area (Å²) in [7, 11) is 0. The molecule has 1 unspecified atom stereocenters. The van der Waals surface area contributed by atoms with Crippen molar-refractivity contribution in [2.75, 3.05) is 13.1 Å². The van der Waals surface area contributed by atoms with E-state index in [1.807, 2.05) is 59.5 Å². The van der Waals surface area contributed by atoms with Crippen LogP contribution in [0.15, 0.2) is 59.7 Å². The monoisotopic (exact) mass is 322 g/mol. The van der Waals surface area contributed by atoms with Crippen LogP contribution in [-0.2, 0) is 11.3 Å². The molecule has 0 saturated carbocycles. The second-order valence-electron chi connectivity index (χ2n) is 5.82. The molecule has 1 fully saturated rings. The zero-order valence-corrected chi connectivity index (χ0v) is 13.2. The Labute approximate surface area is 140 Å². The molecule has 2 aromatic rings. The quantitative estimate of drug-likeness (QED) is 0.455. The maximum absolute atomic E-state index is 12.0. The number of azide groups is 1. The third-order valence-corrected chi connectivity index (χ3v) is 3.97. The van der Waals surface area contributed by atoms with Crippen LogP contribution in [0.25, 0.3) is 10.4 Å². The van der Waals surface area contributed by atoms with Crippen molar-refractivity contribution < 1.29 is 9.53 Å². The number of nitrogens with zero attached hydrogens (tertiary/aromatic N) is 4. The Kier molecular flexibility index (Phi) is 4.99. The van der Waals surface area contributed by atoms with Gasteiger partial charge in [0.05, 0.1) is 0 Å². The number of likely N-dealkylation sites (tertiary alicyclic amines) is 1.